The van der Waals surface area contributed by atoms with E-state index in [2.05, 4.69) is 40.0 Å². The minimum absolute atomic E-state index is 0.0669. The molecule has 21 heavy (non-hydrogen) atoms. The van der Waals surface area contributed by atoms with Crippen LogP contribution in [0.1, 0.15) is 17.5 Å². The molecule has 0 aromatic heterocycles. The standard InChI is InChI=1S/C17H18INO2/c18-15-8-6-13(7-9-15)10-16(11-17(20)21)19-12-14-4-2-1-3-5-14/h1-9,16,19H,10-12H2,(H,20,21). The third-order valence-electron chi connectivity index (χ3n) is 3.25. The molecule has 1 atom stereocenters. The first-order valence-electron chi connectivity index (χ1n) is 6.87. The van der Waals surface area contributed by atoms with Gasteiger partial charge in [-0.2, -0.15) is 0 Å². The molecule has 0 saturated carbocycles. The van der Waals surface area contributed by atoms with Gasteiger partial charge in [-0.05, 0) is 52.3 Å². The van der Waals surface area contributed by atoms with Crippen LogP contribution in [0.2, 0.25) is 0 Å². The van der Waals surface area contributed by atoms with Crippen LogP contribution in [0.3, 0.4) is 0 Å². The van der Waals surface area contributed by atoms with Crippen LogP contribution in [0.25, 0.3) is 0 Å². The summed E-state index contributed by atoms with van der Waals surface area (Å²) in [5, 5.41) is 12.4. The smallest absolute Gasteiger partial charge is 0.304 e. The Bertz CT molecular complexity index is 569. The van der Waals surface area contributed by atoms with E-state index in [1.165, 1.54) is 3.57 Å². The van der Waals surface area contributed by atoms with Crippen molar-refractivity contribution in [2.45, 2.75) is 25.4 Å². The highest BCUT2D eigenvalue weighted by Crippen LogP contribution is 2.11. The van der Waals surface area contributed by atoms with Gasteiger partial charge in [0.15, 0.2) is 0 Å². The number of carboxylic acids is 1. The summed E-state index contributed by atoms with van der Waals surface area (Å²) < 4.78 is 1.18. The largest absolute Gasteiger partial charge is 0.481 e. The fourth-order valence-corrected chi connectivity index (χ4v) is 2.55. The van der Waals surface area contributed by atoms with Crippen molar-refractivity contribution in [3.8, 4) is 0 Å². The third-order valence-corrected chi connectivity index (χ3v) is 3.97. The van der Waals surface area contributed by atoms with Gasteiger partial charge < -0.3 is 10.4 Å². The van der Waals surface area contributed by atoms with Gasteiger partial charge in [-0.25, -0.2) is 0 Å². The lowest BCUT2D eigenvalue weighted by Gasteiger charge is -2.17. The van der Waals surface area contributed by atoms with E-state index in [1.807, 2.05) is 42.5 Å². The van der Waals surface area contributed by atoms with E-state index in [0.717, 1.165) is 17.5 Å². The average molecular weight is 395 g/mol. The maximum Gasteiger partial charge on any atom is 0.304 e. The molecule has 0 bridgehead atoms. The van der Waals surface area contributed by atoms with Crippen LogP contribution in [0.15, 0.2) is 54.6 Å². The number of aliphatic carboxylic acids is 1. The molecule has 0 spiro atoms. The molecule has 0 amide bonds. The van der Waals surface area contributed by atoms with E-state index in [1.54, 1.807) is 0 Å². The van der Waals surface area contributed by atoms with E-state index in [0.29, 0.717) is 6.54 Å². The van der Waals surface area contributed by atoms with Crippen LogP contribution in [-0.4, -0.2) is 17.1 Å². The molecule has 0 saturated heterocycles. The van der Waals surface area contributed by atoms with Crippen LogP contribution in [0.4, 0.5) is 0 Å². The van der Waals surface area contributed by atoms with Gasteiger partial charge in [0, 0.05) is 16.2 Å². The lowest BCUT2D eigenvalue weighted by atomic mass is 10.0. The van der Waals surface area contributed by atoms with Gasteiger partial charge in [-0.3, -0.25) is 4.79 Å². The van der Waals surface area contributed by atoms with Gasteiger partial charge in [-0.1, -0.05) is 42.5 Å². The molecule has 1 unspecified atom stereocenters. The van der Waals surface area contributed by atoms with Gasteiger partial charge in [0.25, 0.3) is 0 Å². The van der Waals surface area contributed by atoms with E-state index in [-0.39, 0.29) is 12.5 Å². The second-order valence-electron chi connectivity index (χ2n) is 4.99. The predicted molar refractivity (Wildman–Crippen MR) is 92.2 cm³/mol. The summed E-state index contributed by atoms with van der Waals surface area (Å²) >= 11 is 2.26. The maximum absolute atomic E-state index is 11.0. The lowest BCUT2D eigenvalue weighted by molar-refractivity contribution is -0.137. The number of nitrogens with one attached hydrogen (secondary N) is 1. The van der Waals surface area contributed by atoms with Crippen molar-refractivity contribution in [1.82, 2.24) is 5.32 Å². The molecule has 0 radical (unpaired) electrons. The highest BCUT2D eigenvalue weighted by Gasteiger charge is 2.13. The van der Waals surface area contributed by atoms with Gasteiger partial charge in [0.1, 0.15) is 0 Å². The molecule has 3 nitrogen and oxygen atoms in total. The van der Waals surface area contributed by atoms with Crippen molar-refractivity contribution >= 4 is 28.6 Å². The van der Waals surface area contributed by atoms with Gasteiger partial charge in [0.05, 0.1) is 6.42 Å². The van der Waals surface area contributed by atoms with Crippen molar-refractivity contribution in [2.75, 3.05) is 0 Å². The van der Waals surface area contributed by atoms with E-state index in [9.17, 15) is 4.79 Å². The molecule has 110 valence electrons. The van der Waals surface area contributed by atoms with Crippen LogP contribution in [0, 0.1) is 3.57 Å². The zero-order valence-corrected chi connectivity index (χ0v) is 13.8. The first kappa shape index (κ1) is 16.0. The lowest BCUT2D eigenvalue weighted by Crippen LogP contribution is -2.33. The summed E-state index contributed by atoms with van der Waals surface area (Å²) in [5.74, 6) is -0.772. The molecule has 0 aliphatic heterocycles. The first-order chi connectivity index (χ1) is 10.1. The molecular formula is C17H18INO2. The molecule has 0 aliphatic rings. The molecule has 2 rings (SSSR count). The summed E-state index contributed by atoms with van der Waals surface area (Å²) in [4.78, 5) is 11.0. The number of benzene rings is 2. The summed E-state index contributed by atoms with van der Waals surface area (Å²) in [6.07, 6.45) is 0.842. The van der Waals surface area contributed by atoms with Crippen LogP contribution < -0.4 is 5.32 Å². The SMILES string of the molecule is O=C(O)CC(Cc1ccc(I)cc1)NCc1ccccc1. The number of hydrogen-bond acceptors (Lipinski definition) is 2. The summed E-state index contributed by atoms with van der Waals surface area (Å²) in [5.41, 5.74) is 2.32. The van der Waals surface area contributed by atoms with Crippen molar-refractivity contribution < 1.29 is 9.90 Å². The van der Waals surface area contributed by atoms with Crippen molar-refractivity contribution in [3.63, 3.8) is 0 Å². The number of halogens is 1. The Kier molecular flexibility index (Phi) is 6.20. The molecule has 4 heteroatoms. The average Bonchev–Trinajstić information content (AvgIpc) is 2.48. The number of rotatable bonds is 7. The van der Waals surface area contributed by atoms with Crippen LogP contribution >= 0.6 is 22.6 Å². The maximum atomic E-state index is 11.0. The Labute approximate surface area is 138 Å². The molecule has 0 aliphatic carbocycles. The van der Waals surface area contributed by atoms with Crippen LogP contribution in [0.5, 0.6) is 0 Å². The number of carboxylic acid groups (broad SMARTS) is 1. The Morgan fingerprint density at radius 2 is 1.71 bits per heavy atom. The predicted octanol–water partition coefficient (Wildman–Crippen LogP) is 3.47. The molecule has 2 N–H and O–H groups in total. The highest BCUT2D eigenvalue weighted by molar-refractivity contribution is 14.1. The minimum Gasteiger partial charge on any atom is -0.481 e. The zero-order chi connectivity index (χ0) is 15.1. The Morgan fingerprint density at radius 1 is 1.05 bits per heavy atom. The molecule has 0 fully saturated rings. The van der Waals surface area contributed by atoms with Gasteiger partial charge in [0.2, 0.25) is 0 Å². The van der Waals surface area contributed by atoms with E-state index < -0.39 is 5.97 Å². The van der Waals surface area contributed by atoms with Crippen molar-refractivity contribution in [3.05, 3.63) is 69.3 Å². The number of carbonyl (C=O) groups is 1. The zero-order valence-electron chi connectivity index (χ0n) is 11.6. The third kappa shape index (κ3) is 5.85. The fourth-order valence-electron chi connectivity index (χ4n) is 2.19. The van der Waals surface area contributed by atoms with Crippen molar-refractivity contribution in [2.24, 2.45) is 0 Å². The second kappa shape index (κ2) is 8.14. The summed E-state index contributed by atoms with van der Waals surface area (Å²) in [6, 6.07) is 18.2. The van der Waals surface area contributed by atoms with Gasteiger partial charge in [-0.15, -0.1) is 0 Å². The van der Waals surface area contributed by atoms with E-state index >= 15 is 0 Å². The Hall–Kier alpha value is -1.40. The van der Waals surface area contributed by atoms with Gasteiger partial charge >= 0.3 is 5.97 Å². The van der Waals surface area contributed by atoms with Crippen LogP contribution in [-0.2, 0) is 17.8 Å². The van der Waals surface area contributed by atoms with E-state index in [4.69, 9.17) is 5.11 Å². The topological polar surface area (TPSA) is 49.3 Å². The molecule has 0 heterocycles. The monoisotopic (exact) mass is 395 g/mol. The normalized spacial score (nSPS) is 12.0. The minimum atomic E-state index is -0.772. The highest BCUT2D eigenvalue weighted by atomic mass is 127. The summed E-state index contributed by atoms with van der Waals surface area (Å²) in [6.45, 7) is 0.684. The Balaban J connectivity index is 1.97. The van der Waals surface area contributed by atoms with Crippen molar-refractivity contribution in [1.29, 1.82) is 0 Å². The molecule has 2 aromatic carbocycles. The number of hydrogen-bond donors (Lipinski definition) is 2. The quantitative estimate of drug-likeness (QED) is 0.706. The molecule has 2 aromatic rings. The first-order valence-corrected chi connectivity index (χ1v) is 7.95. The second-order valence-corrected chi connectivity index (χ2v) is 6.24. The summed E-state index contributed by atoms with van der Waals surface area (Å²) in [7, 11) is 0. The fraction of sp³-hybridized carbons (Fsp3) is 0.235. The Morgan fingerprint density at radius 3 is 2.33 bits per heavy atom. The molecular weight excluding hydrogens is 377 g/mol.